The minimum Gasteiger partial charge on any atom is -0.342 e. The average molecular weight is 311 g/mol. The minimum atomic E-state index is -0.0813. The van der Waals surface area contributed by atoms with Gasteiger partial charge in [0.25, 0.3) is 0 Å². The fraction of sp³-hybridized carbons (Fsp3) is 0.889. The third-order valence-corrected chi connectivity index (χ3v) is 3.67. The maximum atomic E-state index is 11.4. The zero-order chi connectivity index (χ0) is 10.0. The number of carbonyl (C=O) groups excluding carboxylic acids is 1. The van der Waals surface area contributed by atoms with Crippen LogP contribution >= 0.6 is 22.6 Å². The second-order valence-electron chi connectivity index (χ2n) is 3.85. The summed E-state index contributed by atoms with van der Waals surface area (Å²) >= 11 is 2.11. The summed E-state index contributed by atoms with van der Waals surface area (Å²) in [5, 5.41) is 0. The second kappa shape index (κ2) is 4.32. The van der Waals surface area contributed by atoms with Gasteiger partial charge >= 0.3 is 0 Å². The molecule has 4 nitrogen and oxygen atoms in total. The van der Waals surface area contributed by atoms with E-state index in [0.717, 1.165) is 32.4 Å². The van der Waals surface area contributed by atoms with Gasteiger partial charge in [-0.1, -0.05) is 22.6 Å². The molecule has 0 radical (unpaired) electrons. The smallest absolute Gasteiger partial charge is 0.232 e. The Bertz CT molecular complexity index is 218. The third kappa shape index (κ3) is 2.04. The van der Waals surface area contributed by atoms with Crippen LogP contribution in [0.25, 0.3) is 0 Å². The summed E-state index contributed by atoms with van der Waals surface area (Å²) in [7, 11) is 0. The van der Waals surface area contributed by atoms with Gasteiger partial charge in [0.2, 0.25) is 5.91 Å². The SMILES string of the molecule is O=C(CI)N1CCC2(CCOO2)CC1. The van der Waals surface area contributed by atoms with E-state index in [9.17, 15) is 4.79 Å². The van der Waals surface area contributed by atoms with Gasteiger partial charge in [0.1, 0.15) is 5.60 Å². The van der Waals surface area contributed by atoms with Crippen LogP contribution in [-0.2, 0) is 14.6 Å². The highest BCUT2D eigenvalue weighted by Gasteiger charge is 2.40. The van der Waals surface area contributed by atoms with Crippen molar-refractivity contribution in [2.45, 2.75) is 24.9 Å². The monoisotopic (exact) mass is 311 g/mol. The van der Waals surface area contributed by atoms with Crippen LogP contribution in [0.5, 0.6) is 0 Å². The van der Waals surface area contributed by atoms with E-state index in [4.69, 9.17) is 9.78 Å². The molecule has 0 saturated carbocycles. The van der Waals surface area contributed by atoms with E-state index in [1.807, 2.05) is 4.90 Å². The molecule has 0 aromatic heterocycles. The summed E-state index contributed by atoms with van der Waals surface area (Å²) in [4.78, 5) is 23.6. The first-order valence-corrected chi connectivity index (χ1v) is 6.43. The molecule has 0 N–H and O–H groups in total. The van der Waals surface area contributed by atoms with Crippen LogP contribution in [0.3, 0.4) is 0 Å². The van der Waals surface area contributed by atoms with Gasteiger partial charge in [0, 0.05) is 19.5 Å². The Hall–Kier alpha value is 0.120. The highest BCUT2D eigenvalue weighted by Crippen LogP contribution is 2.34. The Kier molecular flexibility index (Phi) is 3.28. The van der Waals surface area contributed by atoms with E-state index in [1.165, 1.54) is 0 Å². The molecule has 2 fully saturated rings. The molecule has 0 bridgehead atoms. The van der Waals surface area contributed by atoms with E-state index in [1.54, 1.807) is 0 Å². The lowest BCUT2D eigenvalue weighted by atomic mass is 9.89. The Labute approximate surface area is 97.0 Å². The van der Waals surface area contributed by atoms with Gasteiger partial charge < -0.3 is 4.90 Å². The van der Waals surface area contributed by atoms with E-state index in [-0.39, 0.29) is 11.5 Å². The van der Waals surface area contributed by atoms with Crippen LogP contribution in [0, 0.1) is 0 Å². The topological polar surface area (TPSA) is 38.8 Å². The van der Waals surface area contributed by atoms with Crippen molar-refractivity contribution >= 4 is 28.5 Å². The fourth-order valence-corrected chi connectivity index (χ4v) is 2.50. The quantitative estimate of drug-likeness (QED) is 0.414. The lowest BCUT2D eigenvalue weighted by Crippen LogP contribution is -2.46. The number of piperidine rings is 1. The largest absolute Gasteiger partial charge is 0.342 e. The molecule has 2 aliphatic heterocycles. The summed E-state index contributed by atoms with van der Waals surface area (Å²) in [6.07, 6.45) is 2.80. The number of amides is 1. The summed E-state index contributed by atoms with van der Waals surface area (Å²) in [6, 6.07) is 0. The Morgan fingerprint density at radius 2 is 2.07 bits per heavy atom. The van der Waals surface area contributed by atoms with Gasteiger partial charge in [-0.05, 0) is 12.8 Å². The minimum absolute atomic E-state index is 0.0813. The second-order valence-corrected chi connectivity index (χ2v) is 4.62. The van der Waals surface area contributed by atoms with E-state index in [2.05, 4.69) is 22.6 Å². The van der Waals surface area contributed by atoms with Gasteiger partial charge in [0.05, 0.1) is 11.0 Å². The lowest BCUT2D eigenvalue weighted by Gasteiger charge is -2.36. The summed E-state index contributed by atoms with van der Waals surface area (Å²) in [5.41, 5.74) is -0.0813. The molecule has 80 valence electrons. The highest BCUT2D eigenvalue weighted by molar-refractivity contribution is 14.1. The van der Waals surface area contributed by atoms with Crippen molar-refractivity contribution in [1.82, 2.24) is 4.90 Å². The van der Waals surface area contributed by atoms with Crippen molar-refractivity contribution in [3.63, 3.8) is 0 Å². The number of alkyl halides is 1. The molecular weight excluding hydrogens is 297 g/mol. The molecule has 2 aliphatic rings. The predicted molar refractivity (Wildman–Crippen MR) is 59.1 cm³/mol. The lowest BCUT2D eigenvalue weighted by molar-refractivity contribution is -0.315. The molecule has 0 aliphatic carbocycles. The van der Waals surface area contributed by atoms with Gasteiger partial charge in [-0.3, -0.25) is 4.79 Å². The molecule has 2 heterocycles. The number of hydrogen-bond donors (Lipinski definition) is 0. The highest BCUT2D eigenvalue weighted by atomic mass is 127. The molecule has 5 heteroatoms. The van der Waals surface area contributed by atoms with Crippen LogP contribution < -0.4 is 0 Å². The predicted octanol–water partition coefficient (Wildman–Crippen LogP) is 1.13. The summed E-state index contributed by atoms with van der Waals surface area (Å²) in [6.45, 7) is 2.32. The normalized spacial score (nSPS) is 25.6. The van der Waals surface area contributed by atoms with Gasteiger partial charge in [-0.15, -0.1) is 0 Å². The average Bonchev–Trinajstić information content (AvgIpc) is 2.67. The zero-order valence-electron chi connectivity index (χ0n) is 8.00. The molecule has 14 heavy (non-hydrogen) atoms. The number of likely N-dealkylation sites (tertiary alicyclic amines) is 1. The maximum Gasteiger partial charge on any atom is 0.232 e. The summed E-state index contributed by atoms with van der Waals surface area (Å²) < 4.78 is 0.572. The van der Waals surface area contributed by atoms with Crippen LogP contribution in [0.15, 0.2) is 0 Å². The fourth-order valence-electron chi connectivity index (χ4n) is 2.02. The molecule has 0 aromatic rings. The van der Waals surface area contributed by atoms with Crippen LogP contribution in [0.1, 0.15) is 19.3 Å². The molecule has 0 aromatic carbocycles. The molecule has 0 atom stereocenters. The Morgan fingerprint density at radius 1 is 1.36 bits per heavy atom. The van der Waals surface area contributed by atoms with E-state index in [0.29, 0.717) is 11.0 Å². The first kappa shape index (κ1) is 10.6. The van der Waals surface area contributed by atoms with Crippen LogP contribution in [0.2, 0.25) is 0 Å². The molecule has 1 spiro atoms. The number of rotatable bonds is 1. The van der Waals surface area contributed by atoms with Crippen LogP contribution in [-0.4, -0.2) is 40.5 Å². The maximum absolute atomic E-state index is 11.4. The standard InChI is InChI=1S/C9H14INO3/c10-7-8(12)11-4-1-9(2-5-11)3-6-13-14-9/h1-7H2. The van der Waals surface area contributed by atoms with Crippen molar-refractivity contribution in [3.05, 3.63) is 0 Å². The van der Waals surface area contributed by atoms with Crippen LogP contribution in [0.4, 0.5) is 0 Å². The van der Waals surface area contributed by atoms with Crippen molar-refractivity contribution in [2.75, 3.05) is 24.1 Å². The third-order valence-electron chi connectivity index (χ3n) is 3.02. The van der Waals surface area contributed by atoms with Crippen molar-refractivity contribution in [3.8, 4) is 0 Å². The summed E-state index contributed by atoms with van der Waals surface area (Å²) in [5.74, 6) is 0.236. The van der Waals surface area contributed by atoms with Crippen molar-refractivity contribution in [1.29, 1.82) is 0 Å². The molecule has 1 amide bonds. The molecule has 0 unspecified atom stereocenters. The number of nitrogens with zero attached hydrogens (tertiary/aromatic N) is 1. The van der Waals surface area contributed by atoms with E-state index >= 15 is 0 Å². The van der Waals surface area contributed by atoms with E-state index < -0.39 is 0 Å². The Balaban J connectivity index is 1.88. The molecule has 2 saturated heterocycles. The van der Waals surface area contributed by atoms with Crippen molar-refractivity contribution < 1.29 is 14.6 Å². The van der Waals surface area contributed by atoms with Gasteiger partial charge in [-0.25, -0.2) is 9.78 Å². The number of halogens is 1. The molecular formula is C9H14INO3. The van der Waals surface area contributed by atoms with Gasteiger partial charge in [0.15, 0.2) is 0 Å². The van der Waals surface area contributed by atoms with Crippen molar-refractivity contribution in [2.24, 2.45) is 0 Å². The first-order valence-electron chi connectivity index (χ1n) is 4.90. The zero-order valence-corrected chi connectivity index (χ0v) is 10.2. The van der Waals surface area contributed by atoms with Gasteiger partial charge in [-0.2, -0.15) is 0 Å². The number of carbonyl (C=O) groups is 1. The molecule has 2 rings (SSSR count). The number of hydrogen-bond acceptors (Lipinski definition) is 3. The Morgan fingerprint density at radius 3 is 2.57 bits per heavy atom. The first-order chi connectivity index (χ1) is 6.76.